The number of hydrogen-bond donors (Lipinski definition) is 1. The van der Waals surface area contributed by atoms with Crippen LogP contribution in [0.3, 0.4) is 0 Å². The monoisotopic (exact) mass is 431 g/mol. The summed E-state index contributed by atoms with van der Waals surface area (Å²) in [6.45, 7) is 1.74. The average molecular weight is 432 g/mol. The molecule has 1 N–H and O–H groups in total. The van der Waals surface area contributed by atoms with E-state index in [0.29, 0.717) is 17.7 Å². The fourth-order valence-electron chi connectivity index (χ4n) is 2.28. The van der Waals surface area contributed by atoms with E-state index in [1.165, 1.54) is 11.8 Å². The Kier molecular flexibility index (Phi) is 10.4. The summed E-state index contributed by atoms with van der Waals surface area (Å²) in [6.07, 6.45) is 0.942. The Labute approximate surface area is 179 Å². The molecule has 0 aliphatic carbocycles. The van der Waals surface area contributed by atoms with Crippen molar-refractivity contribution in [2.24, 2.45) is 0 Å². The van der Waals surface area contributed by atoms with Crippen LogP contribution in [0.4, 0.5) is 0 Å². The number of rotatable bonds is 11. The second kappa shape index (κ2) is 12.8. The number of carbonyl (C=O) groups is 1. The van der Waals surface area contributed by atoms with Crippen LogP contribution >= 0.6 is 33.3 Å². The first-order chi connectivity index (χ1) is 13.6. The summed E-state index contributed by atoms with van der Waals surface area (Å²) in [5.74, 6) is 2.06. The molecule has 0 saturated heterocycles. The lowest BCUT2D eigenvalue weighted by atomic mass is 10.2. The van der Waals surface area contributed by atoms with Crippen molar-refractivity contribution >= 4 is 39.3 Å². The maximum absolute atomic E-state index is 12.6. The third kappa shape index (κ3) is 7.80. The Morgan fingerprint density at radius 1 is 1.04 bits per heavy atom. The summed E-state index contributed by atoms with van der Waals surface area (Å²) < 4.78 is 0. The zero-order chi connectivity index (χ0) is 20.2. The van der Waals surface area contributed by atoms with E-state index >= 15 is 0 Å². The minimum absolute atomic E-state index is 0.0669. The van der Waals surface area contributed by atoms with Crippen LogP contribution in [0.1, 0.15) is 22.3 Å². The molecule has 2 aromatic rings. The van der Waals surface area contributed by atoms with E-state index in [4.69, 9.17) is 0 Å². The van der Waals surface area contributed by atoms with E-state index in [-0.39, 0.29) is 5.91 Å². The van der Waals surface area contributed by atoms with Crippen molar-refractivity contribution in [3.8, 4) is 6.07 Å². The van der Waals surface area contributed by atoms with Crippen molar-refractivity contribution in [1.29, 1.82) is 5.26 Å². The third-order valence-electron chi connectivity index (χ3n) is 3.75. The summed E-state index contributed by atoms with van der Waals surface area (Å²) in [6, 6.07) is 17.2. The lowest BCUT2D eigenvalue weighted by molar-refractivity contribution is 0.0951. The zero-order valence-corrected chi connectivity index (χ0v) is 18.6. The molecule has 0 saturated carbocycles. The minimum Gasteiger partial charge on any atom is -0.352 e. The number of hydrogen-bond acceptors (Lipinski definition) is 6. The molecule has 0 bridgehead atoms. The molecule has 0 heterocycles. The molecule has 0 fully saturated rings. The minimum atomic E-state index is -0.0669. The summed E-state index contributed by atoms with van der Waals surface area (Å²) in [4.78, 5) is 16.5. The molecule has 4 nitrogen and oxygen atoms in total. The first kappa shape index (κ1) is 22.7. The highest BCUT2D eigenvalue weighted by Gasteiger charge is 2.13. The van der Waals surface area contributed by atoms with Crippen molar-refractivity contribution in [1.82, 2.24) is 10.2 Å². The maximum atomic E-state index is 12.6. The first-order valence-electron chi connectivity index (χ1n) is 9.05. The first-order valence-corrected chi connectivity index (χ1v) is 12.4. The van der Waals surface area contributed by atoms with Gasteiger partial charge in [0.1, 0.15) is 6.07 Å². The predicted molar refractivity (Wildman–Crippen MR) is 122 cm³/mol. The molecule has 148 valence electrons. The Morgan fingerprint density at radius 2 is 1.71 bits per heavy atom. The standard InChI is InChI=1S/C21H25N3OS3/c1-24(2)13-15-27-26-14-7-12-23-21(25)18-9-4-6-11-20(18)28-19-10-5-3-8-17(19)16-22/h3-6,8-11H,7,12-15H2,1-2H3,(H,23,25). The lowest BCUT2D eigenvalue weighted by Gasteiger charge is -2.11. The van der Waals surface area contributed by atoms with Gasteiger partial charge < -0.3 is 10.2 Å². The van der Waals surface area contributed by atoms with E-state index in [9.17, 15) is 10.1 Å². The van der Waals surface area contributed by atoms with Gasteiger partial charge in [-0.3, -0.25) is 4.79 Å². The molecule has 7 heteroatoms. The molecular weight excluding hydrogens is 406 g/mol. The van der Waals surface area contributed by atoms with Gasteiger partial charge in [-0.25, -0.2) is 0 Å². The largest absolute Gasteiger partial charge is 0.352 e. The van der Waals surface area contributed by atoms with Crippen LogP contribution in [0, 0.1) is 11.3 Å². The maximum Gasteiger partial charge on any atom is 0.252 e. The summed E-state index contributed by atoms with van der Waals surface area (Å²) in [5.41, 5.74) is 1.26. The number of amides is 1. The van der Waals surface area contributed by atoms with Gasteiger partial charge in [-0.1, -0.05) is 57.6 Å². The molecule has 0 aliphatic heterocycles. The number of nitrogens with zero attached hydrogens (tertiary/aromatic N) is 2. The second-order valence-corrected chi connectivity index (χ2v) is 10.0. The normalized spacial score (nSPS) is 10.6. The third-order valence-corrected chi connectivity index (χ3v) is 7.38. The predicted octanol–water partition coefficient (Wildman–Crippen LogP) is 4.77. The van der Waals surface area contributed by atoms with Gasteiger partial charge in [0.25, 0.3) is 5.91 Å². The van der Waals surface area contributed by atoms with Crippen molar-refractivity contribution in [2.45, 2.75) is 16.2 Å². The van der Waals surface area contributed by atoms with Gasteiger partial charge in [-0.05, 0) is 44.8 Å². The van der Waals surface area contributed by atoms with Gasteiger partial charge in [-0.15, -0.1) is 0 Å². The molecule has 0 aromatic heterocycles. The highest BCUT2D eigenvalue weighted by molar-refractivity contribution is 8.76. The zero-order valence-electron chi connectivity index (χ0n) is 16.2. The number of nitriles is 1. The van der Waals surface area contributed by atoms with Crippen LogP contribution < -0.4 is 5.32 Å². The molecule has 2 rings (SSSR count). The molecule has 0 atom stereocenters. The molecule has 1 amide bonds. The molecule has 0 unspecified atom stereocenters. The lowest BCUT2D eigenvalue weighted by Crippen LogP contribution is -2.25. The number of nitrogens with one attached hydrogen (secondary N) is 1. The smallest absolute Gasteiger partial charge is 0.252 e. The van der Waals surface area contributed by atoms with Crippen molar-refractivity contribution < 1.29 is 4.79 Å². The van der Waals surface area contributed by atoms with E-state index in [1.807, 2.05) is 64.1 Å². The van der Waals surface area contributed by atoms with Gasteiger partial charge in [-0.2, -0.15) is 5.26 Å². The Hall–Kier alpha value is -1.59. The van der Waals surface area contributed by atoms with Gasteiger partial charge in [0.2, 0.25) is 0 Å². The van der Waals surface area contributed by atoms with Crippen molar-refractivity contribution in [3.63, 3.8) is 0 Å². The molecule has 0 spiro atoms. The van der Waals surface area contributed by atoms with Crippen LogP contribution in [0.25, 0.3) is 0 Å². The average Bonchev–Trinajstić information content (AvgIpc) is 2.70. The molecule has 0 radical (unpaired) electrons. The van der Waals surface area contributed by atoms with Gasteiger partial charge in [0, 0.05) is 34.4 Å². The second-order valence-electron chi connectivity index (χ2n) is 6.26. The van der Waals surface area contributed by atoms with Crippen molar-refractivity contribution in [2.75, 3.05) is 38.7 Å². The SMILES string of the molecule is CN(C)CCSSCCCNC(=O)c1ccccc1Sc1ccccc1C#N. The Balaban J connectivity index is 1.83. The highest BCUT2D eigenvalue weighted by Crippen LogP contribution is 2.32. The van der Waals surface area contributed by atoms with Gasteiger partial charge >= 0.3 is 0 Å². The Bertz CT molecular complexity index is 805. The Morgan fingerprint density at radius 3 is 2.46 bits per heavy atom. The van der Waals surface area contributed by atoms with E-state index in [2.05, 4.69) is 30.4 Å². The quantitative estimate of drug-likeness (QED) is 0.408. The van der Waals surface area contributed by atoms with Crippen LogP contribution in [-0.2, 0) is 0 Å². The van der Waals surface area contributed by atoms with Crippen LogP contribution in [0.2, 0.25) is 0 Å². The fourth-order valence-corrected chi connectivity index (χ4v) is 5.52. The van der Waals surface area contributed by atoms with E-state index < -0.39 is 0 Å². The van der Waals surface area contributed by atoms with Gasteiger partial charge in [0.15, 0.2) is 0 Å². The van der Waals surface area contributed by atoms with E-state index in [0.717, 1.165) is 34.3 Å². The number of carbonyl (C=O) groups excluding carboxylic acids is 1. The topological polar surface area (TPSA) is 56.1 Å². The summed E-state index contributed by atoms with van der Waals surface area (Å²) >= 11 is 1.45. The number of benzene rings is 2. The van der Waals surface area contributed by atoms with E-state index in [1.54, 1.807) is 6.07 Å². The highest BCUT2D eigenvalue weighted by atomic mass is 33.1. The molecule has 28 heavy (non-hydrogen) atoms. The van der Waals surface area contributed by atoms with Crippen LogP contribution in [0.15, 0.2) is 58.3 Å². The van der Waals surface area contributed by atoms with Gasteiger partial charge in [0.05, 0.1) is 11.1 Å². The fraction of sp³-hybridized carbons (Fsp3) is 0.333. The molecule has 0 aliphatic rings. The summed E-state index contributed by atoms with van der Waals surface area (Å²) in [7, 11) is 7.89. The van der Waals surface area contributed by atoms with Crippen LogP contribution in [0.5, 0.6) is 0 Å². The molecule has 2 aromatic carbocycles. The van der Waals surface area contributed by atoms with Crippen LogP contribution in [-0.4, -0.2) is 49.5 Å². The summed E-state index contributed by atoms with van der Waals surface area (Å²) in [5, 5.41) is 12.3. The van der Waals surface area contributed by atoms with Crippen molar-refractivity contribution in [3.05, 3.63) is 59.7 Å². The molecular formula is C21H25N3OS3.